The van der Waals surface area contributed by atoms with Gasteiger partial charge in [-0.15, -0.1) is 0 Å². The Hall–Kier alpha value is -2.70. The molecule has 2 aliphatic rings. The molecule has 2 saturated heterocycles. The smallest absolute Gasteiger partial charge is 0.254 e. The predicted octanol–water partition coefficient (Wildman–Crippen LogP) is 2.93. The summed E-state index contributed by atoms with van der Waals surface area (Å²) < 4.78 is 5.44. The molecule has 2 aromatic carbocycles. The highest BCUT2D eigenvalue weighted by Gasteiger charge is 2.31. The highest BCUT2D eigenvalue weighted by Crippen LogP contribution is 2.27. The molecule has 2 amide bonds. The number of carbonyl (C=O) groups is 2. The van der Waals surface area contributed by atoms with E-state index in [1.54, 1.807) is 6.07 Å². The zero-order chi connectivity index (χ0) is 20.2. The highest BCUT2D eigenvalue weighted by molar-refractivity contribution is 5.98. The van der Waals surface area contributed by atoms with E-state index in [0.717, 1.165) is 31.5 Å². The molecule has 0 bridgehead atoms. The summed E-state index contributed by atoms with van der Waals surface area (Å²) in [7, 11) is 2.08. The molecule has 2 aromatic rings. The molecule has 152 valence electrons. The SMILES string of the molecule is CN1CCN(C(=O)c2cccc(NC(=O)C3CCCO3)c2)C(c2ccccc2)C1. The Labute approximate surface area is 171 Å². The Bertz CT molecular complexity index is 865. The molecule has 29 heavy (non-hydrogen) atoms. The van der Waals surface area contributed by atoms with Gasteiger partial charge in [-0.25, -0.2) is 0 Å². The topological polar surface area (TPSA) is 61.9 Å². The maximum atomic E-state index is 13.4. The first kappa shape index (κ1) is 19.6. The lowest BCUT2D eigenvalue weighted by Crippen LogP contribution is -2.49. The van der Waals surface area contributed by atoms with Crippen molar-refractivity contribution in [3.8, 4) is 0 Å². The molecule has 1 N–H and O–H groups in total. The lowest BCUT2D eigenvalue weighted by Gasteiger charge is -2.40. The second-order valence-electron chi connectivity index (χ2n) is 7.76. The summed E-state index contributed by atoms with van der Waals surface area (Å²) >= 11 is 0. The Morgan fingerprint density at radius 1 is 1.07 bits per heavy atom. The number of benzene rings is 2. The molecule has 2 aliphatic heterocycles. The lowest BCUT2D eigenvalue weighted by atomic mass is 10.0. The first-order valence-electron chi connectivity index (χ1n) is 10.2. The Morgan fingerprint density at radius 3 is 2.66 bits per heavy atom. The number of rotatable bonds is 4. The van der Waals surface area contributed by atoms with Crippen molar-refractivity contribution in [3.63, 3.8) is 0 Å². The van der Waals surface area contributed by atoms with E-state index < -0.39 is 6.10 Å². The van der Waals surface area contributed by atoms with Crippen LogP contribution in [0.15, 0.2) is 54.6 Å². The quantitative estimate of drug-likeness (QED) is 0.868. The molecule has 2 fully saturated rings. The third-order valence-electron chi connectivity index (χ3n) is 5.63. The molecule has 0 aliphatic carbocycles. The molecular formula is C23H27N3O3. The maximum Gasteiger partial charge on any atom is 0.254 e. The van der Waals surface area contributed by atoms with Gasteiger partial charge in [0.15, 0.2) is 0 Å². The monoisotopic (exact) mass is 393 g/mol. The number of hydrogen-bond donors (Lipinski definition) is 1. The van der Waals surface area contributed by atoms with Crippen molar-refractivity contribution in [1.82, 2.24) is 9.80 Å². The standard InChI is InChI=1S/C23H27N3O3/c1-25-12-13-26(20(16-25)17-7-3-2-4-8-17)23(28)18-9-5-10-19(15-18)24-22(27)21-11-6-14-29-21/h2-5,7-10,15,20-21H,6,11-14,16H2,1H3,(H,24,27). The summed E-state index contributed by atoms with van der Waals surface area (Å²) in [6.45, 7) is 2.93. The van der Waals surface area contributed by atoms with Gasteiger partial charge in [-0.1, -0.05) is 36.4 Å². The fraction of sp³-hybridized carbons (Fsp3) is 0.391. The first-order valence-corrected chi connectivity index (χ1v) is 10.2. The third-order valence-corrected chi connectivity index (χ3v) is 5.63. The molecule has 0 spiro atoms. The number of ether oxygens (including phenoxy) is 1. The fourth-order valence-corrected chi connectivity index (χ4v) is 4.03. The van der Waals surface area contributed by atoms with Crippen molar-refractivity contribution >= 4 is 17.5 Å². The normalized spacial score (nSPS) is 22.4. The average Bonchev–Trinajstić information content (AvgIpc) is 3.29. The number of likely N-dealkylation sites (N-methyl/N-ethyl adjacent to an activating group) is 1. The summed E-state index contributed by atoms with van der Waals surface area (Å²) in [6, 6.07) is 17.3. The zero-order valence-electron chi connectivity index (χ0n) is 16.7. The van der Waals surface area contributed by atoms with E-state index in [1.807, 2.05) is 41.3 Å². The van der Waals surface area contributed by atoms with E-state index in [4.69, 9.17) is 4.74 Å². The van der Waals surface area contributed by atoms with E-state index in [-0.39, 0.29) is 17.9 Å². The van der Waals surface area contributed by atoms with Crippen LogP contribution in [-0.2, 0) is 9.53 Å². The van der Waals surface area contributed by atoms with Gasteiger partial charge in [-0.2, -0.15) is 0 Å². The third kappa shape index (κ3) is 4.49. The van der Waals surface area contributed by atoms with E-state index in [0.29, 0.717) is 24.4 Å². The van der Waals surface area contributed by atoms with Crippen LogP contribution in [0.25, 0.3) is 0 Å². The molecule has 6 nitrogen and oxygen atoms in total. The van der Waals surface area contributed by atoms with Crippen molar-refractivity contribution in [2.45, 2.75) is 25.0 Å². The van der Waals surface area contributed by atoms with Crippen LogP contribution in [0.2, 0.25) is 0 Å². The second kappa shape index (κ2) is 8.76. The molecule has 0 radical (unpaired) electrons. The molecule has 6 heteroatoms. The zero-order valence-corrected chi connectivity index (χ0v) is 16.7. The summed E-state index contributed by atoms with van der Waals surface area (Å²) in [4.78, 5) is 29.9. The van der Waals surface area contributed by atoms with Gasteiger partial charge in [-0.05, 0) is 43.7 Å². The molecule has 2 unspecified atom stereocenters. The van der Waals surface area contributed by atoms with Crippen molar-refractivity contribution in [3.05, 3.63) is 65.7 Å². The molecular weight excluding hydrogens is 366 g/mol. The Kier molecular flexibility index (Phi) is 5.92. The van der Waals surface area contributed by atoms with Crippen LogP contribution in [-0.4, -0.2) is 61.0 Å². The minimum absolute atomic E-state index is 0.00702. The first-order chi connectivity index (χ1) is 14.1. The number of nitrogens with zero attached hydrogens (tertiary/aromatic N) is 2. The van der Waals surface area contributed by atoms with Gasteiger partial charge in [0, 0.05) is 37.5 Å². The van der Waals surface area contributed by atoms with Crippen LogP contribution in [0.1, 0.15) is 34.8 Å². The molecule has 2 heterocycles. The molecule has 2 atom stereocenters. The number of anilines is 1. The van der Waals surface area contributed by atoms with Crippen molar-refractivity contribution in [2.24, 2.45) is 0 Å². The number of hydrogen-bond acceptors (Lipinski definition) is 4. The molecule has 0 saturated carbocycles. The van der Waals surface area contributed by atoms with E-state index in [2.05, 4.69) is 29.4 Å². The number of piperazine rings is 1. The van der Waals surface area contributed by atoms with Crippen LogP contribution in [0.3, 0.4) is 0 Å². The molecule has 0 aromatic heterocycles. The minimum atomic E-state index is -0.394. The summed E-state index contributed by atoms with van der Waals surface area (Å²) in [5.41, 5.74) is 2.35. The van der Waals surface area contributed by atoms with Crippen LogP contribution in [0, 0.1) is 0 Å². The van der Waals surface area contributed by atoms with Crippen molar-refractivity contribution in [1.29, 1.82) is 0 Å². The Balaban J connectivity index is 1.52. The Morgan fingerprint density at radius 2 is 1.90 bits per heavy atom. The van der Waals surface area contributed by atoms with Crippen LogP contribution in [0.5, 0.6) is 0 Å². The summed E-state index contributed by atoms with van der Waals surface area (Å²) in [5, 5.41) is 2.89. The average molecular weight is 393 g/mol. The fourth-order valence-electron chi connectivity index (χ4n) is 4.03. The van der Waals surface area contributed by atoms with Crippen LogP contribution >= 0.6 is 0 Å². The van der Waals surface area contributed by atoms with E-state index in [9.17, 15) is 9.59 Å². The van der Waals surface area contributed by atoms with Gasteiger partial charge in [0.2, 0.25) is 0 Å². The van der Waals surface area contributed by atoms with Gasteiger partial charge >= 0.3 is 0 Å². The van der Waals surface area contributed by atoms with E-state index in [1.165, 1.54) is 0 Å². The number of amides is 2. The van der Waals surface area contributed by atoms with Gasteiger partial charge in [-0.3, -0.25) is 9.59 Å². The van der Waals surface area contributed by atoms with Gasteiger partial charge in [0.1, 0.15) is 6.10 Å². The summed E-state index contributed by atoms with van der Waals surface area (Å²) in [5.74, 6) is -0.158. The lowest BCUT2D eigenvalue weighted by molar-refractivity contribution is -0.124. The number of nitrogens with one attached hydrogen (secondary N) is 1. The van der Waals surface area contributed by atoms with Crippen LogP contribution < -0.4 is 5.32 Å². The maximum absolute atomic E-state index is 13.4. The van der Waals surface area contributed by atoms with Crippen LogP contribution in [0.4, 0.5) is 5.69 Å². The van der Waals surface area contributed by atoms with E-state index >= 15 is 0 Å². The highest BCUT2D eigenvalue weighted by atomic mass is 16.5. The second-order valence-corrected chi connectivity index (χ2v) is 7.76. The van der Waals surface area contributed by atoms with Gasteiger partial charge < -0.3 is 19.9 Å². The van der Waals surface area contributed by atoms with Crippen molar-refractivity contribution in [2.75, 3.05) is 38.6 Å². The van der Waals surface area contributed by atoms with Gasteiger partial charge in [0.25, 0.3) is 11.8 Å². The molecule has 4 rings (SSSR count). The van der Waals surface area contributed by atoms with Gasteiger partial charge in [0.05, 0.1) is 6.04 Å². The van der Waals surface area contributed by atoms with Crippen molar-refractivity contribution < 1.29 is 14.3 Å². The number of carbonyl (C=O) groups excluding carboxylic acids is 2. The predicted molar refractivity (Wildman–Crippen MR) is 112 cm³/mol. The minimum Gasteiger partial charge on any atom is -0.368 e. The largest absolute Gasteiger partial charge is 0.368 e. The summed E-state index contributed by atoms with van der Waals surface area (Å²) in [6.07, 6.45) is 1.25.